The number of aliphatic hydroxyl groups excluding tert-OH is 1. The first-order chi connectivity index (χ1) is 6.34. The van der Waals surface area contributed by atoms with Gasteiger partial charge in [-0.2, -0.15) is 5.10 Å². The molecule has 4 nitrogen and oxygen atoms in total. The third-order valence-electron chi connectivity index (χ3n) is 1.46. The van der Waals surface area contributed by atoms with Gasteiger partial charge < -0.3 is 15.6 Å². The van der Waals surface area contributed by atoms with Crippen molar-refractivity contribution in [1.29, 1.82) is 0 Å². The van der Waals surface area contributed by atoms with E-state index in [1.54, 1.807) is 18.2 Å². The highest BCUT2D eigenvalue weighted by molar-refractivity contribution is 5.82. The Kier molecular flexibility index (Phi) is 3.78. The van der Waals surface area contributed by atoms with Gasteiger partial charge in [-0.15, -0.1) is 0 Å². The van der Waals surface area contributed by atoms with E-state index < -0.39 is 0 Å². The minimum Gasteiger partial charge on any atom is -0.507 e. The molecule has 0 spiro atoms. The average molecular weight is 180 g/mol. The van der Waals surface area contributed by atoms with Crippen LogP contribution in [0.5, 0.6) is 5.75 Å². The molecule has 4 heteroatoms. The van der Waals surface area contributed by atoms with E-state index in [1.807, 2.05) is 6.07 Å². The van der Waals surface area contributed by atoms with Crippen LogP contribution in [-0.4, -0.2) is 29.6 Å². The summed E-state index contributed by atoms with van der Waals surface area (Å²) in [4.78, 5) is 0. The summed E-state index contributed by atoms with van der Waals surface area (Å²) in [5.41, 5.74) is 3.27. The van der Waals surface area contributed by atoms with Crippen LogP contribution in [0.15, 0.2) is 29.4 Å². The molecule has 0 radical (unpaired) electrons. The number of phenols is 1. The van der Waals surface area contributed by atoms with Crippen molar-refractivity contribution in [3.63, 3.8) is 0 Å². The van der Waals surface area contributed by atoms with Crippen molar-refractivity contribution < 1.29 is 10.2 Å². The number of aliphatic hydroxyl groups is 1. The minimum atomic E-state index is 0.0398. The number of phenolic OH excluding ortho intramolecular Hbond substituents is 1. The van der Waals surface area contributed by atoms with Crippen molar-refractivity contribution in [1.82, 2.24) is 5.43 Å². The number of rotatable bonds is 4. The van der Waals surface area contributed by atoms with Gasteiger partial charge in [-0.05, 0) is 12.1 Å². The zero-order chi connectivity index (χ0) is 9.52. The van der Waals surface area contributed by atoms with E-state index in [1.165, 1.54) is 6.21 Å². The summed E-state index contributed by atoms with van der Waals surface area (Å²) in [5.74, 6) is 0.192. The van der Waals surface area contributed by atoms with Gasteiger partial charge in [0.05, 0.1) is 19.4 Å². The maximum Gasteiger partial charge on any atom is 0.124 e. The molecule has 0 atom stereocenters. The molecular formula is C9H12N2O2. The first kappa shape index (κ1) is 9.54. The van der Waals surface area contributed by atoms with E-state index in [0.29, 0.717) is 12.1 Å². The quantitative estimate of drug-likeness (QED) is 0.355. The van der Waals surface area contributed by atoms with Crippen molar-refractivity contribution in [3.8, 4) is 5.75 Å². The van der Waals surface area contributed by atoms with Gasteiger partial charge in [-0.1, -0.05) is 12.1 Å². The second-order valence-corrected chi connectivity index (χ2v) is 2.45. The zero-order valence-corrected chi connectivity index (χ0v) is 7.14. The molecule has 1 aromatic carbocycles. The molecule has 70 valence electrons. The molecule has 13 heavy (non-hydrogen) atoms. The Bertz CT molecular complexity index is 287. The molecule has 0 aliphatic rings. The Morgan fingerprint density at radius 2 is 2.15 bits per heavy atom. The monoisotopic (exact) mass is 180 g/mol. The Hall–Kier alpha value is -1.55. The molecule has 0 unspecified atom stereocenters. The highest BCUT2D eigenvalue weighted by Crippen LogP contribution is 2.12. The predicted octanol–water partition coefficient (Wildman–Crippen LogP) is 0.308. The molecule has 0 aliphatic heterocycles. The smallest absolute Gasteiger partial charge is 0.124 e. The van der Waals surface area contributed by atoms with Crippen molar-refractivity contribution in [2.24, 2.45) is 5.10 Å². The summed E-state index contributed by atoms with van der Waals surface area (Å²) in [7, 11) is 0. The van der Waals surface area contributed by atoms with Crippen LogP contribution in [0.2, 0.25) is 0 Å². The van der Waals surface area contributed by atoms with E-state index in [-0.39, 0.29) is 12.4 Å². The van der Waals surface area contributed by atoms with Gasteiger partial charge in [0, 0.05) is 5.56 Å². The Balaban J connectivity index is 2.53. The van der Waals surface area contributed by atoms with Crippen LogP contribution >= 0.6 is 0 Å². The summed E-state index contributed by atoms with van der Waals surface area (Å²) >= 11 is 0. The summed E-state index contributed by atoms with van der Waals surface area (Å²) < 4.78 is 0. The zero-order valence-electron chi connectivity index (χ0n) is 7.14. The maximum absolute atomic E-state index is 9.30. The second kappa shape index (κ2) is 5.16. The normalized spacial score (nSPS) is 10.5. The number of nitrogens with zero attached hydrogens (tertiary/aromatic N) is 1. The molecule has 0 saturated heterocycles. The third-order valence-corrected chi connectivity index (χ3v) is 1.46. The predicted molar refractivity (Wildman–Crippen MR) is 50.8 cm³/mol. The molecule has 0 heterocycles. The van der Waals surface area contributed by atoms with Crippen molar-refractivity contribution in [2.45, 2.75) is 0 Å². The van der Waals surface area contributed by atoms with Crippen LogP contribution in [0.4, 0.5) is 0 Å². The SMILES string of the molecule is OCCN/N=C/c1ccccc1O. The van der Waals surface area contributed by atoms with Gasteiger partial charge in [0.1, 0.15) is 5.75 Å². The number of hydrogen-bond donors (Lipinski definition) is 3. The fourth-order valence-electron chi connectivity index (χ4n) is 0.826. The van der Waals surface area contributed by atoms with Crippen LogP contribution in [-0.2, 0) is 0 Å². The molecule has 0 amide bonds. The molecule has 0 aliphatic carbocycles. The summed E-state index contributed by atoms with van der Waals surface area (Å²) in [5, 5.41) is 21.5. The number of aromatic hydroxyl groups is 1. The van der Waals surface area contributed by atoms with Gasteiger partial charge in [0.25, 0.3) is 0 Å². The van der Waals surface area contributed by atoms with Crippen molar-refractivity contribution in [3.05, 3.63) is 29.8 Å². The van der Waals surface area contributed by atoms with Crippen LogP contribution < -0.4 is 5.43 Å². The lowest BCUT2D eigenvalue weighted by molar-refractivity contribution is 0.294. The van der Waals surface area contributed by atoms with E-state index in [2.05, 4.69) is 10.5 Å². The molecule has 0 aromatic heterocycles. The number of hydrazone groups is 1. The minimum absolute atomic E-state index is 0.0398. The summed E-state index contributed by atoms with van der Waals surface area (Å²) in [6.07, 6.45) is 1.50. The molecule has 1 rings (SSSR count). The first-order valence-electron chi connectivity index (χ1n) is 3.99. The lowest BCUT2D eigenvalue weighted by Crippen LogP contribution is -2.11. The Morgan fingerprint density at radius 3 is 2.85 bits per heavy atom. The van der Waals surface area contributed by atoms with E-state index >= 15 is 0 Å². The molecule has 3 N–H and O–H groups in total. The number of benzene rings is 1. The fourth-order valence-corrected chi connectivity index (χ4v) is 0.826. The van der Waals surface area contributed by atoms with Gasteiger partial charge in [0.2, 0.25) is 0 Å². The molecular weight excluding hydrogens is 168 g/mol. The van der Waals surface area contributed by atoms with Crippen LogP contribution in [0, 0.1) is 0 Å². The molecule has 1 aromatic rings. The fraction of sp³-hybridized carbons (Fsp3) is 0.222. The Labute approximate surface area is 76.5 Å². The van der Waals surface area contributed by atoms with Gasteiger partial charge in [-0.25, -0.2) is 0 Å². The highest BCUT2D eigenvalue weighted by Gasteiger charge is 1.93. The molecule has 0 saturated carbocycles. The largest absolute Gasteiger partial charge is 0.507 e. The summed E-state index contributed by atoms with van der Waals surface area (Å²) in [6, 6.07) is 6.90. The standard InChI is InChI=1S/C9H12N2O2/c12-6-5-10-11-7-8-3-1-2-4-9(8)13/h1-4,7,10,12-13H,5-6H2/b11-7+. The molecule has 0 bridgehead atoms. The van der Waals surface area contributed by atoms with Crippen LogP contribution in [0.1, 0.15) is 5.56 Å². The third kappa shape index (κ3) is 3.13. The van der Waals surface area contributed by atoms with Gasteiger partial charge >= 0.3 is 0 Å². The Morgan fingerprint density at radius 1 is 1.38 bits per heavy atom. The average Bonchev–Trinajstić information content (AvgIpc) is 2.15. The maximum atomic E-state index is 9.30. The van der Waals surface area contributed by atoms with Crippen molar-refractivity contribution in [2.75, 3.05) is 13.2 Å². The lowest BCUT2D eigenvalue weighted by atomic mass is 10.2. The van der Waals surface area contributed by atoms with Crippen LogP contribution in [0.3, 0.4) is 0 Å². The van der Waals surface area contributed by atoms with E-state index in [9.17, 15) is 5.11 Å². The second-order valence-electron chi connectivity index (χ2n) is 2.45. The number of hydrogen-bond acceptors (Lipinski definition) is 4. The molecule has 0 fully saturated rings. The van der Waals surface area contributed by atoms with Gasteiger partial charge in [-0.3, -0.25) is 0 Å². The van der Waals surface area contributed by atoms with Crippen molar-refractivity contribution >= 4 is 6.21 Å². The summed E-state index contributed by atoms with van der Waals surface area (Å²) in [6.45, 7) is 0.447. The topological polar surface area (TPSA) is 64.8 Å². The first-order valence-corrected chi connectivity index (χ1v) is 3.99. The van der Waals surface area contributed by atoms with E-state index in [4.69, 9.17) is 5.11 Å². The number of para-hydroxylation sites is 1. The van der Waals surface area contributed by atoms with Gasteiger partial charge in [0.15, 0.2) is 0 Å². The lowest BCUT2D eigenvalue weighted by Gasteiger charge is -1.97. The van der Waals surface area contributed by atoms with Crippen LogP contribution in [0.25, 0.3) is 0 Å². The van der Waals surface area contributed by atoms with E-state index in [0.717, 1.165) is 0 Å². The highest BCUT2D eigenvalue weighted by atomic mass is 16.3. The number of nitrogens with one attached hydrogen (secondary N) is 1.